The Hall–Kier alpha value is -2.93. The van der Waals surface area contributed by atoms with Crippen LogP contribution in [0.3, 0.4) is 0 Å². The molecule has 0 amide bonds. The van der Waals surface area contributed by atoms with Gasteiger partial charge in [0, 0.05) is 7.11 Å². The Balaban J connectivity index is 1.88. The first kappa shape index (κ1) is 21.3. The zero-order chi connectivity index (χ0) is 21.5. The third-order valence-electron chi connectivity index (χ3n) is 5.54. The third-order valence-corrected chi connectivity index (χ3v) is 9.92. The highest BCUT2D eigenvalue weighted by Crippen LogP contribution is 2.58. The Morgan fingerprint density at radius 3 is 1.58 bits per heavy atom. The maximum Gasteiger partial charge on any atom is 0.196 e. The molecule has 0 aliphatic heterocycles. The van der Waals surface area contributed by atoms with Crippen LogP contribution in [-0.4, -0.2) is 13.4 Å². The minimum atomic E-state index is -1.92. The van der Waals surface area contributed by atoms with Gasteiger partial charge < -0.3 is 9.47 Å². The van der Waals surface area contributed by atoms with Crippen LogP contribution in [0.25, 0.3) is 0 Å². The monoisotopic (exact) mass is 427 g/mol. The van der Waals surface area contributed by atoms with Crippen LogP contribution in [0.1, 0.15) is 12.5 Å². The van der Waals surface area contributed by atoms with E-state index in [9.17, 15) is 0 Å². The normalized spacial score (nSPS) is 12.3. The summed E-state index contributed by atoms with van der Waals surface area (Å²) in [4.78, 5) is 0. The molecule has 1 atom stereocenters. The number of methoxy groups -OCH3 is 1. The summed E-state index contributed by atoms with van der Waals surface area (Å²) in [5, 5.41) is 4.14. The lowest BCUT2D eigenvalue weighted by Crippen LogP contribution is -2.32. The summed E-state index contributed by atoms with van der Waals surface area (Å²) >= 11 is 0. The van der Waals surface area contributed by atoms with Crippen LogP contribution in [0.5, 0.6) is 5.75 Å². The van der Waals surface area contributed by atoms with E-state index >= 15 is 0 Å². The summed E-state index contributed by atoms with van der Waals surface area (Å²) < 4.78 is 11.2. The predicted molar refractivity (Wildman–Crippen MR) is 132 cm³/mol. The first-order valence-corrected chi connectivity index (χ1v) is 12.5. The second-order valence-corrected chi connectivity index (χ2v) is 11.0. The Labute approximate surface area is 185 Å². The van der Waals surface area contributed by atoms with E-state index in [0.29, 0.717) is 0 Å². The molecule has 4 rings (SSSR count). The third kappa shape index (κ3) is 4.71. The fourth-order valence-corrected chi connectivity index (χ4v) is 8.23. The molecule has 156 valence electrons. The van der Waals surface area contributed by atoms with E-state index in [2.05, 4.69) is 109 Å². The molecule has 0 saturated heterocycles. The van der Waals surface area contributed by atoms with Gasteiger partial charge in [-0.1, -0.05) is 66.7 Å². The molecule has 0 heterocycles. The second-order valence-electron chi connectivity index (χ2n) is 7.54. The highest BCUT2D eigenvalue weighted by atomic mass is 31.2. The Bertz CT molecular complexity index is 985. The number of ether oxygens (including phenoxy) is 2. The molecule has 0 fully saturated rings. The first-order chi connectivity index (χ1) is 15.2. The van der Waals surface area contributed by atoms with Crippen molar-refractivity contribution in [3.05, 3.63) is 121 Å². The van der Waals surface area contributed by atoms with E-state index in [1.807, 2.05) is 13.0 Å². The highest BCUT2D eigenvalue weighted by molar-refractivity contribution is 7.95. The summed E-state index contributed by atoms with van der Waals surface area (Å²) in [5.41, 5.74) is 1.26. The molecular weight excluding hydrogens is 399 g/mol. The smallest absolute Gasteiger partial charge is 0.196 e. The van der Waals surface area contributed by atoms with Crippen LogP contribution < -0.4 is 20.7 Å². The van der Waals surface area contributed by atoms with Crippen molar-refractivity contribution < 1.29 is 9.47 Å². The summed E-state index contributed by atoms with van der Waals surface area (Å²) in [6.45, 7) is 1.90. The maximum atomic E-state index is 5.93. The molecule has 4 aromatic carbocycles. The number of benzene rings is 4. The molecule has 0 N–H and O–H groups in total. The molecule has 0 radical (unpaired) electrons. The molecule has 0 bridgehead atoms. The average molecular weight is 428 g/mol. The lowest BCUT2D eigenvalue weighted by molar-refractivity contribution is -0.0383. The van der Waals surface area contributed by atoms with Crippen molar-refractivity contribution in [3.63, 3.8) is 0 Å². The van der Waals surface area contributed by atoms with Crippen LogP contribution >= 0.6 is 7.26 Å². The van der Waals surface area contributed by atoms with Crippen molar-refractivity contribution >= 4 is 23.2 Å². The summed E-state index contributed by atoms with van der Waals surface area (Å²) in [7, 11) is -0.265. The minimum Gasteiger partial charge on any atom is -0.465 e. The number of hydrogen-bond acceptors (Lipinski definition) is 2. The van der Waals surface area contributed by atoms with Gasteiger partial charge in [0.05, 0.1) is 6.16 Å². The van der Waals surface area contributed by atoms with Crippen LogP contribution in [-0.2, 0) is 10.9 Å². The van der Waals surface area contributed by atoms with Gasteiger partial charge >= 0.3 is 0 Å². The average Bonchev–Trinajstić information content (AvgIpc) is 2.84. The van der Waals surface area contributed by atoms with Crippen molar-refractivity contribution in [1.82, 2.24) is 0 Å². The number of rotatable bonds is 8. The largest absolute Gasteiger partial charge is 0.465 e. The van der Waals surface area contributed by atoms with Crippen molar-refractivity contribution in [3.8, 4) is 5.75 Å². The van der Waals surface area contributed by atoms with E-state index in [1.165, 1.54) is 21.5 Å². The van der Waals surface area contributed by atoms with Gasteiger partial charge in [0.15, 0.2) is 6.29 Å². The van der Waals surface area contributed by atoms with E-state index in [-0.39, 0.29) is 6.29 Å². The van der Waals surface area contributed by atoms with E-state index < -0.39 is 7.26 Å². The van der Waals surface area contributed by atoms with E-state index in [0.717, 1.165) is 11.9 Å². The Morgan fingerprint density at radius 1 is 0.645 bits per heavy atom. The van der Waals surface area contributed by atoms with Gasteiger partial charge in [0.2, 0.25) is 0 Å². The van der Waals surface area contributed by atoms with Crippen LogP contribution in [0.15, 0.2) is 115 Å². The first-order valence-electron chi connectivity index (χ1n) is 10.6. The van der Waals surface area contributed by atoms with Crippen LogP contribution in [0.4, 0.5) is 0 Å². The Morgan fingerprint density at radius 2 is 1.13 bits per heavy atom. The molecular formula is C28H28O2P+. The standard InChI is InChI=1S/C28H28O2P/c1-23(29-2)30-25-14-12-13-24(21-25)22-31(26-15-6-3-7-16-26,27-17-8-4-9-18-27)28-19-10-5-11-20-28/h3-21,23H,22H2,1-2H3/q+1. The van der Waals surface area contributed by atoms with Crippen molar-refractivity contribution in [1.29, 1.82) is 0 Å². The molecule has 4 aromatic rings. The topological polar surface area (TPSA) is 18.5 Å². The molecule has 0 saturated carbocycles. The minimum absolute atomic E-state index is 0.285. The quantitative estimate of drug-likeness (QED) is 0.271. The Kier molecular flexibility index (Phi) is 6.82. The molecule has 0 spiro atoms. The van der Waals surface area contributed by atoms with Crippen molar-refractivity contribution in [2.45, 2.75) is 19.4 Å². The molecule has 1 unspecified atom stereocenters. The summed E-state index contributed by atoms with van der Waals surface area (Å²) in [5.74, 6) is 0.833. The van der Waals surface area contributed by atoms with Gasteiger partial charge in [-0.3, -0.25) is 0 Å². The lowest BCUT2D eigenvalue weighted by atomic mass is 10.2. The molecule has 31 heavy (non-hydrogen) atoms. The maximum absolute atomic E-state index is 5.93. The zero-order valence-corrected chi connectivity index (χ0v) is 18.9. The SMILES string of the molecule is COC(C)Oc1cccc(C[P+](c2ccccc2)(c2ccccc2)c2ccccc2)c1. The summed E-state index contributed by atoms with van der Waals surface area (Å²) in [6.07, 6.45) is 0.635. The predicted octanol–water partition coefficient (Wildman–Crippen LogP) is 5.55. The molecule has 3 heteroatoms. The lowest BCUT2D eigenvalue weighted by Gasteiger charge is -2.28. The fourth-order valence-electron chi connectivity index (χ4n) is 4.00. The van der Waals surface area contributed by atoms with Crippen molar-refractivity contribution in [2.75, 3.05) is 7.11 Å². The van der Waals surface area contributed by atoms with Crippen molar-refractivity contribution in [2.24, 2.45) is 0 Å². The van der Waals surface area contributed by atoms with Crippen LogP contribution in [0, 0.1) is 0 Å². The van der Waals surface area contributed by atoms with Gasteiger partial charge in [-0.05, 0) is 61.0 Å². The second kappa shape index (κ2) is 9.92. The molecule has 0 aliphatic carbocycles. The van der Waals surface area contributed by atoms with E-state index in [1.54, 1.807) is 7.11 Å². The molecule has 0 aliphatic rings. The van der Waals surface area contributed by atoms with E-state index in [4.69, 9.17) is 9.47 Å². The molecule has 2 nitrogen and oxygen atoms in total. The molecule has 0 aromatic heterocycles. The van der Waals surface area contributed by atoms with Gasteiger partial charge in [0.25, 0.3) is 0 Å². The zero-order valence-electron chi connectivity index (χ0n) is 18.0. The van der Waals surface area contributed by atoms with Crippen LogP contribution in [0.2, 0.25) is 0 Å². The number of hydrogen-bond donors (Lipinski definition) is 0. The van der Waals surface area contributed by atoms with Gasteiger partial charge in [-0.15, -0.1) is 0 Å². The fraction of sp³-hybridized carbons (Fsp3) is 0.143. The van der Waals surface area contributed by atoms with Gasteiger partial charge in [0.1, 0.15) is 28.9 Å². The van der Waals surface area contributed by atoms with Gasteiger partial charge in [-0.2, -0.15) is 0 Å². The summed E-state index contributed by atoms with van der Waals surface area (Å²) in [6, 6.07) is 41.3. The van der Waals surface area contributed by atoms with Gasteiger partial charge in [-0.25, -0.2) is 0 Å². The highest BCUT2D eigenvalue weighted by Gasteiger charge is 2.45.